The summed E-state index contributed by atoms with van der Waals surface area (Å²) in [5.74, 6) is -0.220. The highest BCUT2D eigenvalue weighted by molar-refractivity contribution is 5.94. The molecule has 1 amide bonds. The molecule has 3 rings (SSSR count). The molecule has 0 aromatic carbocycles. The van der Waals surface area contributed by atoms with Crippen LogP contribution in [0.5, 0.6) is 0 Å². The summed E-state index contributed by atoms with van der Waals surface area (Å²) in [6.07, 6.45) is 6.23. The van der Waals surface area contributed by atoms with E-state index in [2.05, 4.69) is 10.3 Å². The number of rotatable bonds is 2. The molecule has 0 radical (unpaired) electrons. The maximum Gasteiger partial charge on any atom is 0.261 e. The summed E-state index contributed by atoms with van der Waals surface area (Å²) in [6.45, 7) is 0. The highest BCUT2D eigenvalue weighted by atomic mass is 16.2. The van der Waals surface area contributed by atoms with Crippen molar-refractivity contribution in [2.24, 2.45) is 0 Å². The topological polar surface area (TPSA) is 62.0 Å². The Hall–Kier alpha value is -1.58. The molecule has 0 bridgehead atoms. The van der Waals surface area contributed by atoms with Gasteiger partial charge in [0.05, 0.1) is 0 Å². The number of amides is 1. The lowest BCUT2D eigenvalue weighted by Crippen LogP contribution is -2.32. The average Bonchev–Trinajstić information content (AvgIpc) is 3.12. The van der Waals surface area contributed by atoms with Crippen LogP contribution in [0.2, 0.25) is 0 Å². The van der Waals surface area contributed by atoms with Gasteiger partial charge in [0, 0.05) is 11.7 Å². The summed E-state index contributed by atoms with van der Waals surface area (Å²) in [4.78, 5) is 26.5. The zero-order valence-electron chi connectivity index (χ0n) is 9.71. The predicted octanol–water partition coefficient (Wildman–Crippen LogP) is 1.15. The third-order valence-corrected chi connectivity index (χ3v) is 3.50. The fourth-order valence-corrected chi connectivity index (χ4v) is 2.33. The summed E-state index contributed by atoms with van der Waals surface area (Å²) >= 11 is 0. The van der Waals surface area contributed by atoms with Crippen LogP contribution >= 0.6 is 0 Å². The van der Waals surface area contributed by atoms with Gasteiger partial charge in [-0.1, -0.05) is 0 Å². The van der Waals surface area contributed by atoms with E-state index in [-0.39, 0.29) is 23.1 Å². The van der Waals surface area contributed by atoms with E-state index in [1.807, 2.05) is 0 Å². The van der Waals surface area contributed by atoms with Gasteiger partial charge in [-0.2, -0.15) is 0 Å². The van der Waals surface area contributed by atoms with Crippen LogP contribution in [0.15, 0.2) is 10.9 Å². The van der Waals surface area contributed by atoms with Gasteiger partial charge in [0.1, 0.15) is 5.56 Å². The van der Waals surface area contributed by atoms with E-state index >= 15 is 0 Å². The number of aromatic nitrogens is 1. The molecule has 0 unspecified atom stereocenters. The Labute approximate surface area is 99.4 Å². The van der Waals surface area contributed by atoms with Crippen LogP contribution in [0, 0.1) is 0 Å². The number of aromatic amines is 1. The van der Waals surface area contributed by atoms with E-state index in [0.717, 1.165) is 49.8 Å². The summed E-state index contributed by atoms with van der Waals surface area (Å²) in [6, 6.07) is 2.07. The van der Waals surface area contributed by atoms with Crippen LogP contribution in [0.4, 0.5) is 0 Å². The van der Waals surface area contributed by atoms with Crippen LogP contribution in [0.1, 0.15) is 47.3 Å². The monoisotopic (exact) mass is 232 g/mol. The van der Waals surface area contributed by atoms with Gasteiger partial charge in [-0.25, -0.2) is 0 Å². The average molecular weight is 232 g/mol. The highest BCUT2D eigenvalue weighted by Crippen LogP contribution is 2.20. The third-order valence-electron chi connectivity index (χ3n) is 3.50. The Morgan fingerprint density at radius 3 is 2.82 bits per heavy atom. The van der Waals surface area contributed by atoms with E-state index in [1.54, 1.807) is 6.07 Å². The van der Waals surface area contributed by atoms with Gasteiger partial charge < -0.3 is 10.3 Å². The number of carbonyl (C=O) groups excluding carboxylic acids is 1. The molecule has 1 heterocycles. The molecule has 1 saturated carbocycles. The van der Waals surface area contributed by atoms with Crippen molar-refractivity contribution in [2.45, 2.75) is 44.6 Å². The molecule has 17 heavy (non-hydrogen) atoms. The summed E-state index contributed by atoms with van der Waals surface area (Å²) in [5.41, 5.74) is 2.18. The molecular formula is C13H16N2O2. The number of H-pyrrole nitrogens is 1. The van der Waals surface area contributed by atoms with E-state index < -0.39 is 0 Å². The quantitative estimate of drug-likeness (QED) is 0.803. The zero-order valence-corrected chi connectivity index (χ0v) is 9.71. The number of pyridine rings is 1. The number of fused-ring (bicyclic) bond motifs is 1. The molecule has 90 valence electrons. The van der Waals surface area contributed by atoms with Crippen LogP contribution in [0.25, 0.3) is 0 Å². The number of nitrogens with one attached hydrogen (secondary N) is 2. The van der Waals surface area contributed by atoms with Crippen LogP contribution < -0.4 is 10.9 Å². The summed E-state index contributed by atoms with van der Waals surface area (Å²) in [7, 11) is 0. The second kappa shape index (κ2) is 4.02. The molecule has 2 aliphatic rings. The largest absolute Gasteiger partial charge is 0.349 e. The van der Waals surface area contributed by atoms with Crippen molar-refractivity contribution in [1.82, 2.24) is 10.3 Å². The minimum Gasteiger partial charge on any atom is -0.349 e. The minimum absolute atomic E-state index is 0.220. The first-order chi connectivity index (χ1) is 8.24. The molecule has 0 spiro atoms. The lowest BCUT2D eigenvalue weighted by molar-refractivity contribution is 0.0949. The van der Waals surface area contributed by atoms with Crippen LogP contribution in [-0.2, 0) is 12.8 Å². The van der Waals surface area contributed by atoms with Crippen LogP contribution in [0.3, 0.4) is 0 Å². The van der Waals surface area contributed by atoms with Crippen molar-refractivity contribution < 1.29 is 4.79 Å². The zero-order chi connectivity index (χ0) is 11.8. The van der Waals surface area contributed by atoms with Crippen molar-refractivity contribution in [2.75, 3.05) is 0 Å². The predicted molar refractivity (Wildman–Crippen MR) is 64.2 cm³/mol. The first kappa shape index (κ1) is 10.6. The lowest BCUT2D eigenvalue weighted by atomic mass is 9.95. The minimum atomic E-state index is -0.246. The maximum absolute atomic E-state index is 11.9. The molecule has 2 aliphatic carbocycles. The van der Waals surface area contributed by atoms with Gasteiger partial charge >= 0.3 is 0 Å². The lowest BCUT2D eigenvalue weighted by Gasteiger charge is -2.15. The summed E-state index contributed by atoms with van der Waals surface area (Å²) in [5, 5.41) is 2.86. The van der Waals surface area contributed by atoms with E-state index in [9.17, 15) is 9.59 Å². The molecule has 1 fully saturated rings. The third kappa shape index (κ3) is 2.12. The molecule has 0 atom stereocenters. The molecule has 1 aromatic heterocycles. The Balaban J connectivity index is 1.92. The van der Waals surface area contributed by atoms with E-state index in [1.165, 1.54) is 0 Å². The molecule has 1 aromatic rings. The maximum atomic E-state index is 11.9. The van der Waals surface area contributed by atoms with Gasteiger partial charge in [0.25, 0.3) is 11.5 Å². The van der Waals surface area contributed by atoms with Gasteiger partial charge in [0.15, 0.2) is 0 Å². The van der Waals surface area contributed by atoms with E-state index in [0.29, 0.717) is 0 Å². The van der Waals surface area contributed by atoms with Crippen molar-refractivity contribution >= 4 is 5.91 Å². The second-order valence-electron chi connectivity index (χ2n) is 4.97. The highest BCUT2D eigenvalue weighted by Gasteiger charge is 2.25. The second-order valence-corrected chi connectivity index (χ2v) is 4.97. The molecule has 2 N–H and O–H groups in total. The number of carbonyl (C=O) groups is 1. The standard InChI is InChI=1S/C13H16N2O2/c16-12(14-9-5-6-9)10-7-8-3-1-2-4-11(8)15-13(10)17/h7,9H,1-6H2,(H,14,16)(H,15,17). The molecule has 0 aliphatic heterocycles. The van der Waals surface area contributed by atoms with Crippen LogP contribution in [-0.4, -0.2) is 16.9 Å². The number of aryl methyl sites for hydroxylation is 2. The first-order valence-corrected chi connectivity index (χ1v) is 6.30. The molecule has 4 nitrogen and oxygen atoms in total. The smallest absolute Gasteiger partial charge is 0.261 e. The van der Waals surface area contributed by atoms with Crippen molar-refractivity contribution in [3.63, 3.8) is 0 Å². The van der Waals surface area contributed by atoms with Gasteiger partial charge in [-0.05, 0) is 50.2 Å². The van der Waals surface area contributed by atoms with Gasteiger partial charge in [-0.15, -0.1) is 0 Å². The molecule has 0 saturated heterocycles. The Morgan fingerprint density at radius 2 is 2.06 bits per heavy atom. The fourth-order valence-electron chi connectivity index (χ4n) is 2.33. The molecular weight excluding hydrogens is 216 g/mol. The SMILES string of the molecule is O=C(NC1CC1)c1cc2c([nH]c1=O)CCCC2. The van der Waals surface area contributed by atoms with E-state index in [4.69, 9.17) is 0 Å². The number of hydrogen-bond donors (Lipinski definition) is 2. The molecule has 4 heteroatoms. The van der Waals surface area contributed by atoms with Gasteiger partial charge in [-0.3, -0.25) is 9.59 Å². The van der Waals surface area contributed by atoms with Crippen molar-refractivity contribution in [3.8, 4) is 0 Å². The normalized spacial score (nSPS) is 18.6. The number of hydrogen-bond acceptors (Lipinski definition) is 2. The first-order valence-electron chi connectivity index (χ1n) is 6.30. The Morgan fingerprint density at radius 1 is 1.29 bits per heavy atom. The fraction of sp³-hybridized carbons (Fsp3) is 0.538. The Bertz CT molecular complexity index is 515. The Kier molecular flexibility index (Phi) is 2.50. The summed E-state index contributed by atoms with van der Waals surface area (Å²) < 4.78 is 0. The van der Waals surface area contributed by atoms with Crippen molar-refractivity contribution in [1.29, 1.82) is 0 Å². The van der Waals surface area contributed by atoms with Crippen molar-refractivity contribution in [3.05, 3.63) is 33.2 Å². The van der Waals surface area contributed by atoms with Gasteiger partial charge in [0.2, 0.25) is 0 Å².